The van der Waals surface area contributed by atoms with Gasteiger partial charge in [-0.15, -0.1) is 11.3 Å². The Morgan fingerprint density at radius 2 is 2.04 bits per heavy atom. The molecule has 0 saturated carbocycles. The number of carbonyl (C=O) groups excluding carboxylic acids is 1. The summed E-state index contributed by atoms with van der Waals surface area (Å²) in [4.78, 5) is 32.9. The Hall–Kier alpha value is -2.80. The molecular weight excluding hydrogens is 348 g/mol. The Bertz CT molecular complexity index is 947. The van der Waals surface area contributed by atoms with Crippen LogP contribution < -0.4 is 10.9 Å². The molecule has 26 heavy (non-hydrogen) atoms. The molecule has 2 aromatic heterocycles. The van der Waals surface area contributed by atoms with E-state index in [2.05, 4.69) is 15.3 Å². The average molecular weight is 368 g/mol. The molecule has 0 radical (unpaired) electrons. The van der Waals surface area contributed by atoms with Crippen molar-refractivity contribution in [2.75, 3.05) is 0 Å². The van der Waals surface area contributed by atoms with E-state index in [0.29, 0.717) is 6.54 Å². The minimum Gasteiger partial charge on any atom is -0.349 e. The van der Waals surface area contributed by atoms with E-state index >= 15 is 0 Å². The maximum atomic E-state index is 12.1. The van der Waals surface area contributed by atoms with Gasteiger partial charge in [-0.05, 0) is 5.92 Å². The summed E-state index contributed by atoms with van der Waals surface area (Å²) in [6.07, 6.45) is 1.42. The highest BCUT2D eigenvalue weighted by atomic mass is 32.1. The number of nitrogens with zero attached hydrogens (tertiary/aromatic N) is 3. The van der Waals surface area contributed by atoms with Crippen molar-refractivity contribution >= 4 is 17.2 Å². The Kier molecular flexibility index (Phi) is 5.58. The van der Waals surface area contributed by atoms with Gasteiger partial charge in [0.15, 0.2) is 0 Å². The van der Waals surface area contributed by atoms with Crippen LogP contribution in [0.3, 0.4) is 0 Å². The lowest BCUT2D eigenvalue weighted by molar-refractivity contribution is -0.121. The van der Waals surface area contributed by atoms with Crippen LogP contribution in [0.4, 0.5) is 0 Å². The van der Waals surface area contributed by atoms with Crippen LogP contribution in [0.15, 0.2) is 52.9 Å². The van der Waals surface area contributed by atoms with Gasteiger partial charge in [0.05, 0.1) is 24.3 Å². The van der Waals surface area contributed by atoms with Gasteiger partial charge in [0, 0.05) is 17.0 Å². The molecule has 3 rings (SSSR count). The molecule has 7 heteroatoms. The smallest absolute Gasteiger partial charge is 0.254 e. The molecule has 0 aliphatic carbocycles. The fourth-order valence-electron chi connectivity index (χ4n) is 2.38. The molecule has 1 aromatic carbocycles. The Labute approximate surface area is 155 Å². The van der Waals surface area contributed by atoms with Crippen LogP contribution in [0.5, 0.6) is 0 Å². The lowest BCUT2D eigenvalue weighted by Gasteiger charge is -2.08. The maximum absolute atomic E-state index is 12.1. The number of hydrogen-bond acceptors (Lipinski definition) is 5. The molecule has 0 saturated heterocycles. The Balaban J connectivity index is 1.58. The third-order valence-corrected chi connectivity index (χ3v) is 4.79. The van der Waals surface area contributed by atoms with Gasteiger partial charge in [-0.2, -0.15) is 0 Å². The molecule has 1 amide bonds. The van der Waals surface area contributed by atoms with E-state index in [1.807, 2.05) is 49.6 Å². The van der Waals surface area contributed by atoms with Crippen LogP contribution >= 0.6 is 11.3 Å². The highest BCUT2D eigenvalue weighted by Crippen LogP contribution is 2.23. The number of carbonyl (C=O) groups is 1. The number of amides is 1. The fraction of sp³-hybridized carbons (Fsp3) is 0.263. The summed E-state index contributed by atoms with van der Waals surface area (Å²) in [5.41, 5.74) is 2.35. The van der Waals surface area contributed by atoms with Gasteiger partial charge < -0.3 is 5.32 Å². The molecule has 0 atom stereocenters. The van der Waals surface area contributed by atoms with Crippen molar-refractivity contribution in [3.8, 4) is 10.6 Å². The van der Waals surface area contributed by atoms with Crippen molar-refractivity contribution < 1.29 is 4.79 Å². The van der Waals surface area contributed by atoms with E-state index in [4.69, 9.17) is 0 Å². The van der Waals surface area contributed by atoms with Gasteiger partial charge in [0.2, 0.25) is 5.91 Å². The second-order valence-electron chi connectivity index (χ2n) is 6.22. The Morgan fingerprint density at radius 1 is 1.27 bits per heavy atom. The maximum Gasteiger partial charge on any atom is 0.254 e. The van der Waals surface area contributed by atoms with Crippen molar-refractivity contribution in [2.24, 2.45) is 0 Å². The van der Waals surface area contributed by atoms with Crippen LogP contribution in [0.2, 0.25) is 0 Å². The number of nitrogens with one attached hydrogen (secondary N) is 1. The molecule has 0 spiro atoms. The average Bonchev–Trinajstić information content (AvgIpc) is 3.11. The summed E-state index contributed by atoms with van der Waals surface area (Å²) in [6.45, 7) is 4.21. The number of rotatable bonds is 6. The van der Waals surface area contributed by atoms with Crippen LogP contribution in [0, 0.1) is 0 Å². The molecule has 0 aliphatic heterocycles. The summed E-state index contributed by atoms with van der Waals surface area (Å²) in [5.74, 6) is -0.0740. The quantitative estimate of drug-likeness (QED) is 0.726. The minimum absolute atomic E-state index is 0.0557. The Morgan fingerprint density at radius 3 is 2.73 bits per heavy atom. The first-order valence-corrected chi connectivity index (χ1v) is 9.24. The first-order chi connectivity index (χ1) is 12.5. The number of aromatic nitrogens is 3. The summed E-state index contributed by atoms with van der Waals surface area (Å²) in [7, 11) is 0. The molecule has 134 valence electrons. The minimum atomic E-state index is -0.250. The molecule has 0 fully saturated rings. The van der Waals surface area contributed by atoms with E-state index in [9.17, 15) is 9.59 Å². The predicted octanol–water partition coefficient (Wildman–Crippen LogP) is 2.81. The highest BCUT2D eigenvalue weighted by Gasteiger charge is 2.09. The van der Waals surface area contributed by atoms with Crippen LogP contribution in [-0.4, -0.2) is 20.4 Å². The number of hydrogen-bond donors (Lipinski definition) is 1. The molecule has 3 aromatic rings. The summed E-state index contributed by atoms with van der Waals surface area (Å²) in [6, 6.07) is 11.4. The highest BCUT2D eigenvalue weighted by molar-refractivity contribution is 7.13. The molecule has 6 nitrogen and oxygen atoms in total. The summed E-state index contributed by atoms with van der Waals surface area (Å²) >= 11 is 1.54. The second kappa shape index (κ2) is 8.05. The first kappa shape index (κ1) is 18.0. The van der Waals surface area contributed by atoms with Crippen molar-refractivity contribution in [3.63, 3.8) is 0 Å². The van der Waals surface area contributed by atoms with Gasteiger partial charge in [-0.1, -0.05) is 44.2 Å². The van der Waals surface area contributed by atoms with Crippen molar-refractivity contribution in [2.45, 2.75) is 32.9 Å². The second-order valence-corrected chi connectivity index (χ2v) is 7.08. The third kappa shape index (κ3) is 4.43. The third-order valence-electron chi connectivity index (χ3n) is 3.85. The number of benzene rings is 1. The lowest BCUT2D eigenvalue weighted by atomic mass is 10.1. The van der Waals surface area contributed by atoms with Crippen LogP contribution in [0.1, 0.15) is 31.2 Å². The molecule has 0 unspecified atom stereocenters. The fourth-order valence-corrected chi connectivity index (χ4v) is 3.20. The normalized spacial score (nSPS) is 10.9. The van der Waals surface area contributed by atoms with Gasteiger partial charge >= 0.3 is 0 Å². The molecule has 0 aliphatic rings. The molecular formula is C19H20N4O2S. The molecule has 2 heterocycles. The zero-order valence-electron chi connectivity index (χ0n) is 14.7. The van der Waals surface area contributed by atoms with Gasteiger partial charge in [0.1, 0.15) is 11.6 Å². The van der Waals surface area contributed by atoms with Crippen molar-refractivity contribution in [1.29, 1.82) is 0 Å². The standard InChI is InChI=1S/C19H20N4O2S/c1-13(2)16-8-18(25)23(12-21-16)10-17(24)20-9-15-11-26-19(22-15)14-6-4-3-5-7-14/h3-8,11-13H,9-10H2,1-2H3,(H,20,24). The van der Waals surface area contributed by atoms with E-state index < -0.39 is 0 Å². The number of thiazole rings is 1. The summed E-state index contributed by atoms with van der Waals surface area (Å²) < 4.78 is 1.30. The van der Waals surface area contributed by atoms with E-state index in [0.717, 1.165) is 22.0 Å². The van der Waals surface area contributed by atoms with E-state index in [1.165, 1.54) is 28.3 Å². The van der Waals surface area contributed by atoms with E-state index in [1.54, 1.807) is 0 Å². The van der Waals surface area contributed by atoms with Crippen LogP contribution in [-0.2, 0) is 17.9 Å². The molecule has 0 bridgehead atoms. The first-order valence-electron chi connectivity index (χ1n) is 8.36. The SMILES string of the molecule is CC(C)c1cc(=O)n(CC(=O)NCc2csc(-c3ccccc3)n2)cn1. The molecule has 1 N–H and O–H groups in total. The van der Waals surface area contributed by atoms with Crippen molar-refractivity contribution in [1.82, 2.24) is 19.9 Å². The van der Waals surface area contributed by atoms with E-state index in [-0.39, 0.29) is 23.9 Å². The van der Waals surface area contributed by atoms with Gasteiger partial charge in [0.25, 0.3) is 5.56 Å². The zero-order chi connectivity index (χ0) is 18.5. The van der Waals surface area contributed by atoms with Crippen LogP contribution in [0.25, 0.3) is 10.6 Å². The zero-order valence-corrected chi connectivity index (χ0v) is 15.5. The monoisotopic (exact) mass is 368 g/mol. The largest absolute Gasteiger partial charge is 0.349 e. The summed E-state index contributed by atoms with van der Waals surface area (Å²) in [5, 5.41) is 5.64. The van der Waals surface area contributed by atoms with Gasteiger partial charge in [-0.3, -0.25) is 14.2 Å². The van der Waals surface area contributed by atoms with Crippen molar-refractivity contribution in [3.05, 3.63) is 69.8 Å². The lowest BCUT2D eigenvalue weighted by Crippen LogP contribution is -2.32. The topological polar surface area (TPSA) is 76.9 Å². The van der Waals surface area contributed by atoms with Gasteiger partial charge in [-0.25, -0.2) is 9.97 Å². The predicted molar refractivity (Wildman–Crippen MR) is 102 cm³/mol.